The zero-order valence-electron chi connectivity index (χ0n) is 16.1. The number of hydrogen-bond acceptors (Lipinski definition) is 4. The Hall–Kier alpha value is -3.32. The van der Waals surface area contributed by atoms with Crippen LogP contribution in [0, 0.1) is 22.0 Å². The molecule has 7 heteroatoms. The van der Waals surface area contributed by atoms with Crippen molar-refractivity contribution in [1.29, 1.82) is 0 Å². The SMILES string of the molecule is O=C1[C@@H]2[C@@H](C(=O)N1c1ccccc1[N+](=O)[O-])C1c3ccccc3C2(Br)c2ccccc21. The summed E-state index contributed by atoms with van der Waals surface area (Å²) in [5, 5.41) is 11.6. The van der Waals surface area contributed by atoms with Crippen LogP contribution < -0.4 is 4.90 Å². The zero-order valence-corrected chi connectivity index (χ0v) is 17.7. The van der Waals surface area contributed by atoms with Crippen LogP contribution in [0.2, 0.25) is 0 Å². The largest absolute Gasteiger partial charge is 0.293 e. The number of nitro groups is 1. The van der Waals surface area contributed by atoms with E-state index in [0.717, 1.165) is 27.2 Å². The number of alkyl halides is 1. The minimum Gasteiger partial charge on any atom is -0.274 e. The van der Waals surface area contributed by atoms with Gasteiger partial charge in [-0.25, -0.2) is 4.90 Å². The number of hydrogen-bond donors (Lipinski definition) is 0. The lowest BCUT2D eigenvalue weighted by Gasteiger charge is -2.51. The normalized spacial score (nSPS) is 27.6. The van der Waals surface area contributed by atoms with Gasteiger partial charge in [-0.05, 0) is 28.3 Å². The highest BCUT2D eigenvalue weighted by Gasteiger charge is 2.68. The van der Waals surface area contributed by atoms with E-state index in [9.17, 15) is 19.7 Å². The van der Waals surface area contributed by atoms with Crippen LogP contribution in [0.1, 0.15) is 28.2 Å². The Morgan fingerprint density at radius 1 is 0.839 bits per heavy atom. The smallest absolute Gasteiger partial charge is 0.274 e. The highest BCUT2D eigenvalue weighted by atomic mass is 79.9. The molecule has 0 aromatic heterocycles. The maximum Gasteiger partial charge on any atom is 0.293 e. The van der Waals surface area contributed by atoms with Crippen molar-refractivity contribution in [2.45, 2.75) is 10.2 Å². The van der Waals surface area contributed by atoms with Crippen LogP contribution in [0.25, 0.3) is 0 Å². The molecule has 0 radical (unpaired) electrons. The van der Waals surface area contributed by atoms with Crippen LogP contribution in [0.3, 0.4) is 0 Å². The fraction of sp³-hybridized carbons (Fsp3) is 0.167. The van der Waals surface area contributed by atoms with Crippen LogP contribution >= 0.6 is 15.9 Å². The summed E-state index contributed by atoms with van der Waals surface area (Å²) in [7, 11) is 0. The molecule has 1 saturated heterocycles. The van der Waals surface area contributed by atoms with Gasteiger partial charge < -0.3 is 0 Å². The summed E-state index contributed by atoms with van der Waals surface area (Å²) in [6.45, 7) is 0. The second-order valence-electron chi connectivity index (χ2n) is 8.13. The molecule has 3 aliphatic carbocycles. The van der Waals surface area contributed by atoms with Gasteiger partial charge in [0, 0.05) is 12.0 Å². The Bertz CT molecular complexity index is 1270. The Kier molecular flexibility index (Phi) is 3.63. The lowest BCUT2D eigenvalue weighted by atomic mass is 9.55. The highest BCUT2D eigenvalue weighted by molar-refractivity contribution is 9.09. The van der Waals surface area contributed by atoms with Crippen molar-refractivity contribution in [2.24, 2.45) is 11.8 Å². The molecule has 0 N–H and O–H groups in total. The van der Waals surface area contributed by atoms with Crippen molar-refractivity contribution >= 4 is 39.1 Å². The second-order valence-corrected chi connectivity index (χ2v) is 9.38. The number of nitro benzene ring substituents is 1. The first-order chi connectivity index (χ1) is 15.0. The third kappa shape index (κ3) is 2.11. The van der Waals surface area contributed by atoms with E-state index in [2.05, 4.69) is 15.9 Å². The summed E-state index contributed by atoms with van der Waals surface area (Å²) in [6, 6.07) is 21.7. The number of rotatable bonds is 2. The first-order valence-electron chi connectivity index (χ1n) is 9.95. The Labute approximate surface area is 185 Å². The standard InChI is InChI=1S/C24H15BrN2O4/c25-24-15-9-3-1-7-13(15)19(14-8-2-4-10-16(14)24)20-21(24)23(29)26(22(20)28)17-11-5-6-12-18(17)27(30)31/h1-12,19-21H/t19?,20-,21-,24?/m0/s1. The minimum atomic E-state index is -0.870. The first kappa shape index (κ1) is 18.4. The van der Waals surface area contributed by atoms with E-state index in [1.165, 1.54) is 18.2 Å². The van der Waals surface area contributed by atoms with Gasteiger partial charge in [0.1, 0.15) is 5.69 Å². The zero-order chi connectivity index (χ0) is 21.5. The molecule has 7 rings (SSSR count). The summed E-state index contributed by atoms with van der Waals surface area (Å²) >= 11 is 3.92. The maximum atomic E-state index is 13.8. The van der Waals surface area contributed by atoms with Crippen molar-refractivity contribution in [3.63, 3.8) is 0 Å². The number of anilines is 1. The average Bonchev–Trinajstić information content (AvgIpc) is 3.05. The Morgan fingerprint density at radius 2 is 1.39 bits per heavy atom. The molecule has 0 spiro atoms. The number of amides is 2. The van der Waals surface area contributed by atoms with E-state index < -0.39 is 27.0 Å². The number of benzene rings is 3. The van der Waals surface area contributed by atoms with Crippen LogP contribution in [0.5, 0.6) is 0 Å². The molecule has 0 unspecified atom stereocenters. The lowest BCUT2D eigenvalue weighted by Crippen LogP contribution is -2.50. The van der Waals surface area contributed by atoms with Crippen LogP contribution in [0.4, 0.5) is 11.4 Å². The Balaban J connectivity index is 1.62. The van der Waals surface area contributed by atoms with Crippen molar-refractivity contribution < 1.29 is 14.5 Å². The van der Waals surface area contributed by atoms with Crippen LogP contribution in [-0.2, 0) is 13.9 Å². The number of halogens is 1. The van der Waals surface area contributed by atoms with E-state index in [4.69, 9.17) is 0 Å². The summed E-state index contributed by atoms with van der Waals surface area (Å²) < 4.78 is -0.870. The third-order valence-electron chi connectivity index (χ3n) is 6.83. The number of carbonyl (C=O) groups excluding carboxylic acids is 2. The van der Waals surface area contributed by atoms with Gasteiger partial charge in [-0.1, -0.05) is 76.6 Å². The highest BCUT2D eigenvalue weighted by Crippen LogP contribution is 2.66. The van der Waals surface area contributed by atoms with Gasteiger partial charge in [-0.2, -0.15) is 0 Å². The quantitative estimate of drug-likeness (QED) is 0.237. The molecule has 6 nitrogen and oxygen atoms in total. The number of nitrogens with zero attached hydrogens (tertiary/aromatic N) is 2. The average molecular weight is 475 g/mol. The van der Waals surface area contributed by atoms with Gasteiger partial charge in [-0.15, -0.1) is 0 Å². The molecular weight excluding hydrogens is 460 g/mol. The van der Waals surface area contributed by atoms with Gasteiger partial charge in [-0.3, -0.25) is 19.7 Å². The van der Waals surface area contributed by atoms with E-state index in [1.54, 1.807) is 6.07 Å². The van der Waals surface area contributed by atoms with Crippen LogP contribution in [0.15, 0.2) is 72.8 Å². The molecule has 152 valence electrons. The molecule has 3 aromatic carbocycles. The van der Waals surface area contributed by atoms with E-state index in [0.29, 0.717) is 0 Å². The molecule has 1 fully saturated rings. The molecule has 0 saturated carbocycles. The third-order valence-corrected chi connectivity index (χ3v) is 8.18. The molecule has 2 atom stereocenters. The van der Waals surface area contributed by atoms with E-state index >= 15 is 0 Å². The van der Waals surface area contributed by atoms with Crippen molar-refractivity contribution in [3.05, 3.63) is 105 Å². The molecule has 1 heterocycles. The first-order valence-corrected chi connectivity index (χ1v) is 10.7. The molecule has 31 heavy (non-hydrogen) atoms. The number of carbonyl (C=O) groups is 2. The molecule has 4 aliphatic rings. The molecular formula is C24H15BrN2O4. The molecule has 3 aromatic rings. The van der Waals surface area contributed by atoms with Gasteiger partial charge in [0.05, 0.1) is 21.1 Å². The summed E-state index contributed by atoms with van der Waals surface area (Å²) in [5.41, 5.74) is 3.76. The van der Waals surface area contributed by atoms with Gasteiger partial charge in [0.2, 0.25) is 11.8 Å². The molecule has 1 aliphatic heterocycles. The molecule has 2 bridgehead atoms. The number of imide groups is 1. The van der Waals surface area contributed by atoms with Crippen LogP contribution in [-0.4, -0.2) is 16.7 Å². The van der Waals surface area contributed by atoms with Gasteiger partial charge in [0.15, 0.2) is 0 Å². The van der Waals surface area contributed by atoms with Gasteiger partial charge in [0.25, 0.3) is 5.69 Å². The van der Waals surface area contributed by atoms with Gasteiger partial charge >= 0.3 is 0 Å². The summed E-state index contributed by atoms with van der Waals surface area (Å²) in [5.74, 6) is -2.38. The Morgan fingerprint density at radius 3 is 2.00 bits per heavy atom. The summed E-state index contributed by atoms with van der Waals surface area (Å²) in [6.07, 6.45) is 0. The van der Waals surface area contributed by atoms with Crippen molar-refractivity contribution in [1.82, 2.24) is 0 Å². The minimum absolute atomic E-state index is 0.0283. The van der Waals surface area contributed by atoms with E-state index in [-0.39, 0.29) is 23.2 Å². The topological polar surface area (TPSA) is 80.5 Å². The number of para-hydroxylation sites is 2. The lowest BCUT2D eigenvalue weighted by molar-refractivity contribution is -0.384. The van der Waals surface area contributed by atoms with Crippen molar-refractivity contribution in [2.75, 3.05) is 4.90 Å². The summed E-state index contributed by atoms with van der Waals surface area (Å²) in [4.78, 5) is 39.6. The maximum absolute atomic E-state index is 13.8. The van der Waals surface area contributed by atoms with Crippen molar-refractivity contribution in [3.8, 4) is 0 Å². The predicted octanol–water partition coefficient (Wildman–Crippen LogP) is 4.50. The predicted molar refractivity (Wildman–Crippen MR) is 117 cm³/mol. The second kappa shape index (κ2) is 6.11. The monoisotopic (exact) mass is 474 g/mol. The fourth-order valence-corrected chi connectivity index (χ4v) is 6.93. The fourth-order valence-electron chi connectivity index (χ4n) is 5.72. The van der Waals surface area contributed by atoms with E-state index in [1.807, 2.05) is 48.5 Å². The molecule has 2 amide bonds.